The summed E-state index contributed by atoms with van der Waals surface area (Å²) >= 11 is 0. The van der Waals surface area contributed by atoms with Crippen LogP contribution in [0.15, 0.2) is 71.3 Å². The number of furan rings is 1. The van der Waals surface area contributed by atoms with Crippen molar-refractivity contribution in [2.45, 2.75) is 32.9 Å². The summed E-state index contributed by atoms with van der Waals surface area (Å²) in [4.78, 5) is 24.9. The van der Waals surface area contributed by atoms with Gasteiger partial charge in [0.1, 0.15) is 5.76 Å². The highest BCUT2D eigenvalue weighted by molar-refractivity contribution is 5.96. The summed E-state index contributed by atoms with van der Waals surface area (Å²) in [7, 11) is 0. The highest BCUT2D eigenvalue weighted by Gasteiger charge is 2.23. The van der Waals surface area contributed by atoms with E-state index in [2.05, 4.69) is 16.0 Å². The number of rotatable bonds is 8. The number of carbonyl (C=O) groups is 2. The molecule has 2 atom stereocenters. The fourth-order valence-electron chi connectivity index (χ4n) is 3.29. The van der Waals surface area contributed by atoms with Gasteiger partial charge in [0.2, 0.25) is 11.8 Å². The summed E-state index contributed by atoms with van der Waals surface area (Å²) in [6, 6.07) is 18.5. The fraction of sp³-hybridized carbons (Fsp3) is 0.250. The molecule has 6 nitrogen and oxygen atoms in total. The molecule has 3 rings (SSSR count). The second-order valence-electron chi connectivity index (χ2n) is 7.28. The molecule has 1 heterocycles. The van der Waals surface area contributed by atoms with Crippen molar-refractivity contribution in [2.75, 3.05) is 11.9 Å². The van der Waals surface area contributed by atoms with Crippen LogP contribution >= 0.6 is 0 Å². The van der Waals surface area contributed by atoms with Gasteiger partial charge in [0.05, 0.1) is 24.9 Å². The highest BCUT2D eigenvalue weighted by atomic mass is 16.3. The van der Waals surface area contributed by atoms with E-state index in [0.717, 1.165) is 22.4 Å². The Labute approximate surface area is 176 Å². The van der Waals surface area contributed by atoms with Gasteiger partial charge in [-0.05, 0) is 49.6 Å². The van der Waals surface area contributed by atoms with Crippen LogP contribution in [0.2, 0.25) is 0 Å². The minimum Gasteiger partial charge on any atom is -0.467 e. The Kier molecular flexibility index (Phi) is 7.03. The van der Waals surface area contributed by atoms with Gasteiger partial charge in [0.25, 0.3) is 0 Å². The molecular formula is C24H27N3O3. The van der Waals surface area contributed by atoms with Crippen molar-refractivity contribution < 1.29 is 14.0 Å². The first-order chi connectivity index (χ1) is 14.5. The molecule has 0 aliphatic rings. The van der Waals surface area contributed by atoms with Crippen molar-refractivity contribution in [2.24, 2.45) is 0 Å². The third-order valence-electron chi connectivity index (χ3n) is 4.94. The number of hydrogen-bond donors (Lipinski definition) is 3. The third-order valence-corrected chi connectivity index (χ3v) is 4.94. The quantitative estimate of drug-likeness (QED) is 0.533. The normalized spacial score (nSPS) is 12.8. The second-order valence-corrected chi connectivity index (χ2v) is 7.28. The molecule has 0 aliphatic carbocycles. The van der Waals surface area contributed by atoms with Crippen molar-refractivity contribution in [1.82, 2.24) is 10.6 Å². The zero-order chi connectivity index (χ0) is 21.5. The van der Waals surface area contributed by atoms with E-state index in [1.54, 1.807) is 13.2 Å². The van der Waals surface area contributed by atoms with Gasteiger partial charge >= 0.3 is 0 Å². The smallest absolute Gasteiger partial charge is 0.243 e. The molecule has 0 radical (unpaired) electrons. The first kappa shape index (κ1) is 21.3. The van der Waals surface area contributed by atoms with Gasteiger partial charge in [0.15, 0.2) is 0 Å². The Balaban J connectivity index is 1.59. The molecule has 3 N–H and O–H groups in total. The Hall–Kier alpha value is -3.38. The number of hydrogen-bond acceptors (Lipinski definition) is 4. The number of anilines is 1. The SMILES string of the molecule is Cc1cccc(C)c1NC(=O)CNC(=O)[C@H](C)N[C@H](c1ccccc1)c1ccco1. The molecule has 0 saturated heterocycles. The molecule has 0 aliphatic heterocycles. The lowest BCUT2D eigenvalue weighted by Crippen LogP contribution is -2.46. The summed E-state index contributed by atoms with van der Waals surface area (Å²) in [5.41, 5.74) is 3.73. The van der Waals surface area contributed by atoms with Crippen molar-refractivity contribution in [3.63, 3.8) is 0 Å². The van der Waals surface area contributed by atoms with E-state index in [9.17, 15) is 9.59 Å². The van der Waals surface area contributed by atoms with Crippen LogP contribution in [0, 0.1) is 13.8 Å². The lowest BCUT2D eigenvalue weighted by molar-refractivity contribution is -0.125. The van der Waals surface area contributed by atoms with Gasteiger partial charge in [-0.3, -0.25) is 14.9 Å². The Morgan fingerprint density at radius 3 is 2.27 bits per heavy atom. The van der Waals surface area contributed by atoms with Gasteiger partial charge in [-0.2, -0.15) is 0 Å². The molecule has 2 amide bonds. The van der Waals surface area contributed by atoms with E-state index in [1.807, 2.05) is 74.5 Å². The summed E-state index contributed by atoms with van der Waals surface area (Å²) in [6.07, 6.45) is 1.61. The maximum atomic E-state index is 12.6. The van der Waals surface area contributed by atoms with Gasteiger partial charge in [0, 0.05) is 5.69 Å². The van der Waals surface area contributed by atoms with Crippen LogP contribution in [0.3, 0.4) is 0 Å². The Morgan fingerprint density at radius 2 is 1.63 bits per heavy atom. The molecule has 1 aromatic heterocycles. The molecule has 0 bridgehead atoms. The van der Waals surface area contributed by atoms with E-state index in [4.69, 9.17) is 4.42 Å². The van der Waals surface area contributed by atoms with Crippen LogP contribution in [0.1, 0.15) is 35.4 Å². The number of benzene rings is 2. The van der Waals surface area contributed by atoms with Crippen LogP contribution in [-0.2, 0) is 9.59 Å². The van der Waals surface area contributed by atoms with Crippen LogP contribution < -0.4 is 16.0 Å². The van der Waals surface area contributed by atoms with Crippen LogP contribution in [0.5, 0.6) is 0 Å². The van der Waals surface area contributed by atoms with Crippen molar-refractivity contribution in [1.29, 1.82) is 0 Å². The van der Waals surface area contributed by atoms with Crippen molar-refractivity contribution >= 4 is 17.5 Å². The van der Waals surface area contributed by atoms with Crippen molar-refractivity contribution in [3.8, 4) is 0 Å². The molecule has 156 valence electrons. The van der Waals surface area contributed by atoms with E-state index in [0.29, 0.717) is 5.76 Å². The first-order valence-corrected chi connectivity index (χ1v) is 9.94. The highest BCUT2D eigenvalue weighted by Crippen LogP contribution is 2.23. The molecule has 0 unspecified atom stereocenters. The molecule has 0 spiro atoms. The van der Waals surface area contributed by atoms with Gasteiger partial charge in [-0.25, -0.2) is 0 Å². The number of aryl methyl sites for hydroxylation is 2. The topological polar surface area (TPSA) is 83.4 Å². The van der Waals surface area contributed by atoms with Gasteiger partial charge in [-0.1, -0.05) is 48.5 Å². The van der Waals surface area contributed by atoms with Gasteiger partial charge in [-0.15, -0.1) is 0 Å². The van der Waals surface area contributed by atoms with Crippen LogP contribution in [0.4, 0.5) is 5.69 Å². The number of amides is 2. The molecule has 6 heteroatoms. The molecule has 0 saturated carbocycles. The summed E-state index contributed by atoms with van der Waals surface area (Å²) in [5.74, 6) is 0.186. The number of para-hydroxylation sites is 1. The first-order valence-electron chi connectivity index (χ1n) is 9.94. The van der Waals surface area contributed by atoms with E-state index in [1.165, 1.54) is 0 Å². The largest absolute Gasteiger partial charge is 0.467 e. The minimum atomic E-state index is -0.534. The predicted molar refractivity (Wildman–Crippen MR) is 117 cm³/mol. The number of carbonyl (C=O) groups excluding carboxylic acids is 2. The molecule has 2 aromatic carbocycles. The molecule has 30 heavy (non-hydrogen) atoms. The van der Waals surface area contributed by atoms with E-state index < -0.39 is 6.04 Å². The lowest BCUT2D eigenvalue weighted by Gasteiger charge is -2.22. The zero-order valence-corrected chi connectivity index (χ0v) is 17.4. The van der Waals surface area contributed by atoms with Gasteiger partial charge < -0.3 is 15.1 Å². The summed E-state index contributed by atoms with van der Waals surface area (Å²) in [5, 5.41) is 8.86. The Morgan fingerprint density at radius 1 is 0.933 bits per heavy atom. The van der Waals surface area contributed by atoms with E-state index in [-0.39, 0.29) is 24.4 Å². The Bertz CT molecular complexity index is 964. The predicted octanol–water partition coefficient (Wildman–Crippen LogP) is 3.72. The zero-order valence-electron chi connectivity index (χ0n) is 17.4. The third kappa shape index (κ3) is 5.36. The maximum absolute atomic E-state index is 12.6. The van der Waals surface area contributed by atoms with E-state index >= 15 is 0 Å². The fourth-order valence-corrected chi connectivity index (χ4v) is 3.29. The van der Waals surface area contributed by atoms with Crippen LogP contribution in [-0.4, -0.2) is 24.4 Å². The van der Waals surface area contributed by atoms with Crippen molar-refractivity contribution in [3.05, 3.63) is 89.4 Å². The average molecular weight is 405 g/mol. The average Bonchev–Trinajstić information content (AvgIpc) is 3.28. The standard InChI is InChI=1S/C24H27N3O3/c1-16-9-7-10-17(2)22(16)27-21(28)15-25-24(29)18(3)26-23(20-13-8-14-30-20)19-11-5-4-6-12-19/h4-14,18,23,26H,15H2,1-3H3,(H,25,29)(H,27,28)/t18-,23+/m0/s1. The van der Waals surface area contributed by atoms with Crippen LogP contribution in [0.25, 0.3) is 0 Å². The summed E-state index contributed by atoms with van der Waals surface area (Å²) < 4.78 is 5.56. The number of nitrogens with one attached hydrogen (secondary N) is 3. The monoisotopic (exact) mass is 405 g/mol. The molecule has 3 aromatic rings. The molecular weight excluding hydrogens is 378 g/mol. The minimum absolute atomic E-state index is 0.102. The maximum Gasteiger partial charge on any atom is 0.243 e. The second kappa shape index (κ2) is 9.89. The summed E-state index contributed by atoms with van der Waals surface area (Å²) in [6.45, 7) is 5.53. The molecule has 0 fully saturated rings. The lowest BCUT2D eigenvalue weighted by atomic mass is 10.0.